The highest BCUT2D eigenvalue weighted by atomic mass is 19.4. The van der Waals surface area contributed by atoms with Crippen molar-refractivity contribution in [3.05, 3.63) is 94.3 Å². The van der Waals surface area contributed by atoms with Gasteiger partial charge in [0.15, 0.2) is 0 Å². The van der Waals surface area contributed by atoms with Gasteiger partial charge in [-0.25, -0.2) is 4.39 Å². The molecule has 2 N–H and O–H groups in total. The van der Waals surface area contributed by atoms with Crippen LogP contribution in [0.4, 0.5) is 28.9 Å². The topological polar surface area (TPSA) is 61.4 Å². The third-order valence-corrected chi connectivity index (χ3v) is 10.0. The van der Waals surface area contributed by atoms with Crippen LogP contribution in [0.25, 0.3) is 0 Å². The van der Waals surface area contributed by atoms with Crippen molar-refractivity contribution in [1.29, 1.82) is 0 Å². The number of anilines is 2. The third kappa shape index (κ3) is 6.31. The molecule has 45 heavy (non-hydrogen) atoms. The van der Waals surface area contributed by atoms with Gasteiger partial charge < -0.3 is 15.5 Å². The van der Waals surface area contributed by atoms with Crippen LogP contribution in [0.5, 0.6) is 0 Å². The molecule has 0 radical (unpaired) electrons. The van der Waals surface area contributed by atoms with E-state index in [0.717, 1.165) is 49.4 Å². The fourth-order valence-electron chi connectivity index (χ4n) is 7.79. The Kier molecular flexibility index (Phi) is 8.63. The number of halogens is 4. The van der Waals surface area contributed by atoms with Crippen LogP contribution >= 0.6 is 0 Å². The average Bonchev–Trinajstić information content (AvgIpc) is 3.69. The van der Waals surface area contributed by atoms with Crippen molar-refractivity contribution in [2.24, 2.45) is 11.8 Å². The molecule has 0 aromatic heterocycles. The summed E-state index contributed by atoms with van der Waals surface area (Å²) in [5.74, 6) is -2.29. The zero-order chi connectivity index (χ0) is 31.9. The number of aryl methyl sites for hydroxylation is 2. The van der Waals surface area contributed by atoms with Gasteiger partial charge in [-0.1, -0.05) is 49.6 Å². The molecule has 9 heteroatoms. The van der Waals surface area contributed by atoms with E-state index in [1.54, 1.807) is 24.0 Å². The molecule has 2 saturated carbocycles. The van der Waals surface area contributed by atoms with Gasteiger partial charge in [0.25, 0.3) is 5.91 Å². The molecule has 0 spiro atoms. The highest BCUT2D eigenvalue weighted by molar-refractivity contribution is 5.98. The van der Waals surface area contributed by atoms with E-state index in [0.29, 0.717) is 18.0 Å². The lowest BCUT2D eigenvalue weighted by molar-refractivity contribution is -0.138. The van der Waals surface area contributed by atoms with Gasteiger partial charge in [-0.15, -0.1) is 0 Å². The summed E-state index contributed by atoms with van der Waals surface area (Å²) in [5.41, 5.74) is 1.48. The number of carbonyl (C=O) groups is 2. The van der Waals surface area contributed by atoms with Crippen LogP contribution in [-0.2, 0) is 11.0 Å². The molecule has 1 aliphatic heterocycles. The first-order chi connectivity index (χ1) is 21.5. The highest BCUT2D eigenvalue weighted by Gasteiger charge is 2.50. The fourth-order valence-corrected chi connectivity index (χ4v) is 7.79. The van der Waals surface area contributed by atoms with E-state index in [9.17, 15) is 22.8 Å². The van der Waals surface area contributed by atoms with Crippen LogP contribution < -0.4 is 10.6 Å². The van der Waals surface area contributed by atoms with Gasteiger partial charge in [0.05, 0.1) is 23.1 Å². The van der Waals surface area contributed by atoms with E-state index < -0.39 is 41.3 Å². The first kappa shape index (κ1) is 31.1. The Bertz CT molecular complexity index is 1550. The lowest BCUT2D eigenvalue weighted by atomic mass is 9.76. The molecule has 3 fully saturated rings. The van der Waals surface area contributed by atoms with Crippen molar-refractivity contribution in [1.82, 2.24) is 4.90 Å². The maximum atomic E-state index is 15.3. The number of likely N-dealkylation sites (tertiary alicyclic amines) is 1. The minimum Gasteiger partial charge on any atom is -0.382 e. The standard InChI is InChI=1S/C36H39F4N3O2/c1-21-13-16-27(20-29(21)36(38,39)40)42-34(44)28-19-24-8-6-12-31(24)43(35(45)32-22(2)7-5-11-30(32)37)33(28)23-14-17-26(18-15-23)41-25-9-3-4-10-25/h5,7,11,13-18,20,24-25,28,31,33,41H,3-4,6,8-10,12,19H2,1-2H3,(H,42,44)/t24-,28+,31-,33+/m0/s1. The number of alkyl halides is 3. The van der Waals surface area contributed by atoms with Crippen LogP contribution in [0.15, 0.2) is 60.7 Å². The first-order valence-corrected chi connectivity index (χ1v) is 15.9. The summed E-state index contributed by atoms with van der Waals surface area (Å²) in [6, 6.07) is 15.5. The maximum Gasteiger partial charge on any atom is 0.416 e. The summed E-state index contributed by atoms with van der Waals surface area (Å²) in [7, 11) is 0. The van der Waals surface area contributed by atoms with Gasteiger partial charge in [-0.3, -0.25) is 9.59 Å². The van der Waals surface area contributed by atoms with Gasteiger partial charge in [0.1, 0.15) is 5.82 Å². The number of hydrogen-bond acceptors (Lipinski definition) is 3. The Hall–Kier alpha value is -3.88. The Morgan fingerprint density at radius 2 is 1.56 bits per heavy atom. The number of carbonyl (C=O) groups excluding carboxylic acids is 2. The van der Waals surface area contributed by atoms with E-state index in [1.165, 1.54) is 38.0 Å². The second kappa shape index (κ2) is 12.5. The molecule has 1 saturated heterocycles. The lowest BCUT2D eigenvalue weighted by Crippen LogP contribution is -2.54. The molecule has 238 valence electrons. The Morgan fingerprint density at radius 1 is 0.844 bits per heavy atom. The van der Waals surface area contributed by atoms with E-state index in [4.69, 9.17) is 0 Å². The maximum absolute atomic E-state index is 15.3. The number of nitrogens with zero attached hydrogens (tertiary/aromatic N) is 1. The molecule has 5 nitrogen and oxygen atoms in total. The summed E-state index contributed by atoms with van der Waals surface area (Å²) < 4.78 is 56.3. The number of hydrogen-bond donors (Lipinski definition) is 2. The van der Waals surface area contributed by atoms with E-state index in [1.807, 2.05) is 24.3 Å². The van der Waals surface area contributed by atoms with Gasteiger partial charge in [0, 0.05) is 23.5 Å². The van der Waals surface area contributed by atoms with Crippen molar-refractivity contribution in [2.75, 3.05) is 10.6 Å². The SMILES string of the molecule is Cc1ccc(NC(=O)[C@@H]2C[C@@H]3CCC[C@@H]3N(C(=O)c3c(C)cccc3F)[C@@H]2c2ccc(NC3CCCC3)cc2)cc1C(F)(F)F. The largest absolute Gasteiger partial charge is 0.416 e. The minimum atomic E-state index is -4.57. The van der Waals surface area contributed by atoms with E-state index in [-0.39, 0.29) is 28.8 Å². The van der Waals surface area contributed by atoms with Crippen molar-refractivity contribution >= 4 is 23.2 Å². The number of fused-ring (bicyclic) bond motifs is 1. The number of amides is 2. The predicted molar refractivity (Wildman–Crippen MR) is 166 cm³/mol. The summed E-state index contributed by atoms with van der Waals surface area (Å²) >= 11 is 0. The smallest absolute Gasteiger partial charge is 0.382 e. The molecular weight excluding hydrogens is 582 g/mol. The number of rotatable bonds is 6. The van der Waals surface area contributed by atoms with Gasteiger partial charge in [0.2, 0.25) is 5.91 Å². The molecule has 6 rings (SSSR count). The summed E-state index contributed by atoms with van der Waals surface area (Å²) in [5, 5.41) is 6.32. The number of piperidine rings is 1. The molecule has 2 aliphatic carbocycles. The predicted octanol–water partition coefficient (Wildman–Crippen LogP) is 8.83. The summed E-state index contributed by atoms with van der Waals surface area (Å²) in [4.78, 5) is 30.2. The Labute approximate surface area is 261 Å². The summed E-state index contributed by atoms with van der Waals surface area (Å²) in [6.07, 6.45) is 2.92. The van der Waals surface area contributed by atoms with Crippen molar-refractivity contribution < 1.29 is 27.2 Å². The monoisotopic (exact) mass is 621 g/mol. The lowest BCUT2D eigenvalue weighted by Gasteiger charge is -2.48. The normalized spacial score (nSPS) is 23.6. The second-order valence-corrected chi connectivity index (χ2v) is 13.0. The van der Waals surface area contributed by atoms with Crippen molar-refractivity contribution in [3.63, 3.8) is 0 Å². The molecule has 3 aromatic carbocycles. The van der Waals surface area contributed by atoms with Crippen LogP contribution in [0.2, 0.25) is 0 Å². The van der Waals surface area contributed by atoms with Crippen LogP contribution in [0, 0.1) is 31.5 Å². The number of nitrogens with one attached hydrogen (secondary N) is 2. The molecular formula is C36H39F4N3O2. The van der Waals surface area contributed by atoms with Gasteiger partial charge in [-0.2, -0.15) is 13.2 Å². The minimum absolute atomic E-state index is 0.0120. The quantitative estimate of drug-likeness (QED) is 0.271. The van der Waals surface area contributed by atoms with Crippen LogP contribution in [0.1, 0.15) is 90.0 Å². The molecule has 0 bridgehead atoms. The van der Waals surface area contributed by atoms with Gasteiger partial charge >= 0.3 is 6.18 Å². The number of benzene rings is 3. The second-order valence-electron chi connectivity index (χ2n) is 13.0. The zero-order valence-corrected chi connectivity index (χ0v) is 25.6. The van der Waals surface area contributed by atoms with Crippen LogP contribution in [-0.4, -0.2) is 28.8 Å². The van der Waals surface area contributed by atoms with E-state index >= 15 is 4.39 Å². The van der Waals surface area contributed by atoms with Gasteiger partial charge in [-0.05, 0) is 98.9 Å². The van der Waals surface area contributed by atoms with Crippen molar-refractivity contribution in [3.8, 4) is 0 Å². The average molecular weight is 622 g/mol. The molecule has 1 heterocycles. The van der Waals surface area contributed by atoms with Crippen LogP contribution in [0.3, 0.4) is 0 Å². The zero-order valence-electron chi connectivity index (χ0n) is 25.6. The third-order valence-electron chi connectivity index (χ3n) is 10.0. The molecule has 4 atom stereocenters. The molecule has 3 aromatic rings. The van der Waals surface area contributed by atoms with E-state index in [2.05, 4.69) is 10.6 Å². The Balaban J connectivity index is 1.39. The summed E-state index contributed by atoms with van der Waals surface area (Å²) in [6.45, 7) is 3.08. The first-order valence-electron chi connectivity index (χ1n) is 15.9. The molecule has 2 amide bonds. The highest BCUT2D eigenvalue weighted by Crippen LogP contribution is 2.49. The van der Waals surface area contributed by atoms with Crippen molar-refractivity contribution in [2.45, 2.75) is 89.5 Å². The fraction of sp³-hybridized carbons (Fsp3) is 0.444. The molecule has 0 unspecified atom stereocenters. The molecule has 3 aliphatic rings. The Morgan fingerprint density at radius 3 is 2.24 bits per heavy atom.